The van der Waals surface area contributed by atoms with E-state index in [1.54, 1.807) is 0 Å². The Balaban J connectivity index is 1.74. The van der Waals surface area contributed by atoms with Crippen molar-refractivity contribution in [3.8, 4) is 0 Å². The highest BCUT2D eigenvalue weighted by molar-refractivity contribution is 7.99. The Morgan fingerprint density at radius 3 is 2.62 bits per heavy atom. The molecule has 0 saturated carbocycles. The van der Waals surface area contributed by atoms with Crippen molar-refractivity contribution >= 4 is 17.7 Å². The zero-order chi connectivity index (χ0) is 17.1. The number of nitrogens with zero attached hydrogens (tertiary/aromatic N) is 4. The molecule has 1 amide bonds. The molecule has 0 unspecified atom stereocenters. The predicted octanol–water partition coefficient (Wildman–Crippen LogP) is 1.53. The van der Waals surface area contributed by atoms with Gasteiger partial charge in [-0.05, 0) is 6.92 Å². The molecule has 3 heterocycles. The fourth-order valence-corrected chi connectivity index (χ4v) is 3.98. The minimum absolute atomic E-state index is 0.125. The fraction of sp³-hybridized carbons (Fsp3) is 0.812. The van der Waals surface area contributed by atoms with Gasteiger partial charge >= 0.3 is 0 Å². The summed E-state index contributed by atoms with van der Waals surface area (Å²) in [5.74, 6) is 3.55. The highest BCUT2D eigenvalue weighted by atomic mass is 32.2. The summed E-state index contributed by atoms with van der Waals surface area (Å²) < 4.78 is 11.4. The van der Waals surface area contributed by atoms with Crippen LogP contribution in [0, 0.1) is 0 Å². The first-order chi connectivity index (χ1) is 11.6. The van der Waals surface area contributed by atoms with Crippen LogP contribution in [0.1, 0.15) is 44.5 Å². The fourth-order valence-electron chi connectivity index (χ4n) is 3.05. The summed E-state index contributed by atoms with van der Waals surface area (Å²) >= 11 is 1.95. The van der Waals surface area contributed by atoms with Crippen molar-refractivity contribution < 1.29 is 13.9 Å². The van der Waals surface area contributed by atoms with Crippen molar-refractivity contribution in [1.29, 1.82) is 0 Å². The molecule has 0 bridgehead atoms. The number of aromatic nitrogens is 2. The Kier molecular flexibility index (Phi) is 5.78. The van der Waals surface area contributed by atoms with E-state index in [1.165, 1.54) is 0 Å². The Morgan fingerprint density at radius 1 is 1.21 bits per heavy atom. The number of amides is 1. The average Bonchev–Trinajstić information content (AvgIpc) is 3.11. The molecule has 0 aromatic carbocycles. The maximum Gasteiger partial charge on any atom is 0.241 e. The van der Waals surface area contributed by atoms with Crippen molar-refractivity contribution in [2.75, 3.05) is 44.4 Å². The van der Waals surface area contributed by atoms with Crippen LogP contribution >= 0.6 is 11.8 Å². The summed E-state index contributed by atoms with van der Waals surface area (Å²) in [6.07, 6.45) is 0. The van der Waals surface area contributed by atoms with Crippen LogP contribution in [0.15, 0.2) is 4.42 Å². The summed E-state index contributed by atoms with van der Waals surface area (Å²) in [4.78, 5) is 17.2. The van der Waals surface area contributed by atoms with Crippen LogP contribution in [0.4, 0.5) is 0 Å². The van der Waals surface area contributed by atoms with E-state index in [9.17, 15) is 4.79 Å². The smallest absolute Gasteiger partial charge is 0.241 e. The number of rotatable bonds is 4. The maximum absolute atomic E-state index is 13.1. The van der Waals surface area contributed by atoms with Crippen molar-refractivity contribution in [1.82, 2.24) is 20.0 Å². The summed E-state index contributed by atoms with van der Waals surface area (Å²) in [5, 5.41) is 8.25. The maximum atomic E-state index is 13.1. The number of morpholine rings is 1. The van der Waals surface area contributed by atoms with E-state index in [0.29, 0.717) is 31.5 Å². The first kappa shape index (κ1) is 17.7. The van der Waals surface area contributed by atoms with Crippen LogP contribution in [0.5, 0.6) is 0 Å². The molecule has 24 heavy (non-hydrogen) atoms. The van der Waals surface area contributed by atoms with Gasteiger partial charge in [-0.25, -0.2) is 0 Å². The molecule has 0 radical (unpaired) electrons. The van der Waals surface area contributed by atoms with E-state index in [2.05, 4.69) is 15.1 Å². The van der Waals surface area contributed by atoms with E-state index in [4.69, 9.17) is 9.15 Å². The van der Waals surface area contributed by atoms with E-state index in [1.807, 2.05) is 37.4 Å². The lowest BCUT2D eigenvalue weighted by Crippen LogP contribution is -2.53. The first-order valence-electron chi connectivity index (χ1n) is 8.61. The average molecular weight is 354 g/mol. The van der Waals surface area contributed by atoms with E-state index >= 15 is 0 Å². The standard InChI is InChI=1S/C16H26N4O3S/c1-11(2)14-17-18-15(23-14)13-10-22-7-4-20(13)16(21)12(3)19-5-8-24-9-6-19/h11-13H,4-10H2,1-3H3/t12-,13-/m1/s1. The third kappa shape index (κ3) is 3.75. The summed E-state index contributed by atoms with van der Waals surface area (Å²) in [5.41, 5.74) is 0. The number of thioether (sulfide) groups is 1. The van der Waals surface area contributed by atoms with Gasteiger partial charge in [0.1, 0.15) is 6.04 Å². The molecule has 7 nitrogen and oxygen atoms in total. The van der Waals surface area contributed by atoms with E-state index < -0.39 is 0 Å². The van der Waals surface area contributed by atoms with Crippen LogP contribution < -0.4 is 0 Å². The SMILES string of the molecule is CC(C)c1nnc([C@H]2COCCN2C(=O)[C@@H](C)N2CCSCC2)o1. The highest BCUT2D eigenvalue weighted by Crippen LogP contribution is 2.26. The molecule has 134 valence electrons. The van der Waals surface area contributed by atoms with Gasteiger partial charge in [-0.2, -0.15) is 11.8 Å². The Labute approximate surface area is 147 Å². The van der Waals surface area contributed by atoms with Crippen LogP contribution in [0.3, 0.4) is 0 Å². The molecule has 2 atom stereocenters. The minimum atomic E-state index is -0.284. The largest absolute Gasteiger partial charge is 0.423 e. The first-order valence-corrected chi connectivity index (χ1v) is 9.76. The molecule has 1 aromatic heterocycles. The number of ether oxygens (including phenoxy) is 1. The van der Waals surface area contributed by atoms with Crippen molar-refractivity contribution in [3.05, 3.63) is 11.8 Å². The molecule has 3 rings (SSSR count). The molecule has 0 aliphatic carbocycles. The zero-order valence-electron chi connectivity index (χ0n) is 14.6. The molecule has 1 aromatic rings. The second-order valence-corrected chi connectivity index (χ2v) is 7.80. The summed E-state index contributed by atoms with van der Waals surface area (Å²) in [6.45, 7) is 9.47. The normalized spacial score (nSPS) is 24.3. The predicted molar refractivity (Wildman–Crippen MR) is 92.0 cm³/mol. The van der Waals surface area contributed by atoms with Crippen molar-refractivity contribution in [2.24, 2.45) is 0 Å². The van der Waals surface area contributed by atoms with Crippen LogP contribution in [-0.4, -0.2) is 76.3 Å². The van der Waals surface area contributed by atoms with Gasteiger partial charge in [0.05, 0.1) is 19.3 Å². The van der Waals surface area contributed by atoms with Crippen LogP contribution in [0.2, 0.25) is 0 Å². The van der Waals surface area contributed by atoms with Crippen molar-refractivity contribution in [3.63, 3.8) is 0 Å². The second kappa shape index (κ2) is 7.84. The van der Waals surface area contributed by atoms with Crippen LogP contribution in [-0.2, 0) is 9.53 Å². The third-order valence-electron chi connectivity index (χ3n) is 4.60. The molecule has 2 saturated heterocycles. The zero-order valence-corrected chi connectivity index (χ0v) is 15.4. The number of carbonyl (C=O) groups excluding carboxylic acids is 1. The third-order valence-corrected chi connectivity index (χ3v) is 5.54. The number of hydrogen-bond donors (Lipinski definition) is 0. The Bertz CT molecular complexity index is 559. The van der Waals surface area contributed by atoms with Gasteiger partial charge in [-0.15, -0.1) is 10.2 Å². The molecule has 2 fully saturated rings. The highest BCUT2D eigenvalue weighted by Gasteiger charge is 2.36. The van der Waals surface area contributed by atoms with E-state index in [-0.39, 0.29) is 23.9 Å². The lowest BCUT2D eigenvalue weighted by Gasteiger charge is -2.38. The lowest BCUT2D eigenvalue weighted by atomic mass is 10.1. The number of hydrogen-bond acceptors (Lipinski definition) is 7. The monoisotopic (exact) mass is 354 g/mol. The van der Waals surface area contributed by atoms with Gasteiger partial charge in [0, 0.05) is 37.1 Å². The molecular formula is C16H26N4O3S. The van der Waals surface area contributed by atoms with Gasteiger partial charge in [0.2, 0.25) is 17.7 Å². The Hall–Kier alpha value is -1.12. The molecular weight excluding hydrogens is 328 g/mol. The lowest BCUT2D eigenvalue weighted by molar-refractivity contribution is -0.146. The topological polar surface area (TPSA) is 71.7 Å². The molecule has 2 aliphatic heterocycles. The quantitative estimate of drug-likeness (QED) is 0.812. The minimum Gasteiger partial charge on any atom is -0.423 e. The number of carbonyl (C=O) groups is 1. The van der Waals surface area contributed by atoms with Gasteiger partial charge in [-0.3, -0.25) is 9.69 Å². The second-order valence-electron chi connectivity index (χ2n) is 6.58. The van der Waals surface area contributed by atoms with Gasteiger partial charge in [0.15, 0.2) is 0 Å². The van der Waals surface area contributed by atoms with Crippen LogP contribution in [0.25, 0.3) is 0 Å². The van der Waals surface area contributed by atoms with Gasteiger partial charge in [-0.1, -0.05) is 13.8 Å². The molecule has 2 aliphatic rings. The molecule has 0 N–H and O–H groups in total. The molecule has 0 spiro atoms. The van der Waals surface area contributed by atoms with Gasteiger partial charge < -0.3 is 14.1 Å². The summed E-state index contributed by atoms with van der Waals surface area (Å²) in [6, 6.07) is -0.410. The Morgan fingerprint density at radius 2 is 1.96 bits per heavy atom. The van der Waals surface area contributed by atoms with Gasteiger partial charge in [0.25, 0.3) is 0 Å². The summed E-state index contributed by atoms with van der Waals surface area (Å²) in [7, 11) is 0. The van der Waals surface area contributed by atoms with E-state index in [0.717, 1.165) is 24.6 Å². The van der Waals surface area contributed by atoms with Crippen molar-refractivity contribution in [2.45, 2.75) is 38.8 Å². The molecule has 8 heteroatoms.